The van der Waals surface area contributed by atoms with Gasteiger partial charge in [0, 0.05) is 24.9 Å². The van der Waals surface area contributed by atoms with Crippen LogP contribution in [0.15, 0.2) is 12.4 Å². The summed E-state index contributed by atoms with van der Waals surface area (Å²) < 4.78 is 20.2. The topological polar surface area (TPSA) is 57.9 Å². The summed E-state index contributed by atoms with van der Waals surface area (Å²) in [5, 5.41) is 0. The van der Waals surface area contributed by atoms with Crippen molar-refractivity contribution in [3.63, 3.8) is 0 Å². The largest absolute Gasteiger partial charge is 0.474 e. The van der Waals surface area contributed by atoms with Crippen LogP contribution in [-0.2, 0) is 14.9 Å². The lowest BCUT2D eigenvalue weighted by atomic mass is 9.84. The zero-order valence-electron chi connectivity index (χ0n) is 14.2. The second-order valence-corrected chi connectivity index (χ2v) is 8.42. The highest BCUT2D eigenvalue weighted by atomic mass is 127. The summed E-state index contributed by atoms with van der Waals surface area (Å²) in [7, 11) is 1.74. The molecule has 1 aliphatic heterocycles. The fourth-order valence-electron chi connectivity index (χ4n) is 3.96. The van der Waals surface area contributed by atoms with Gasteiger partial charge in [-0.2, -0.15) is 4.98 Å². The number of methoxy groups -OCH3 is 1. The van der Waals surface area contributed by atoms with Crippen LogP contribution in [0, 0.1) is 3.57 Å². The Kier molecular flexibility index (Phi) is 4.00. The van der Waals surface area contributed by atoms with Gasteiger partial charge in [0.15, 0.2) is 0 Å². The first kappa shape index (κ1) is 16.5. The molecule has 0 spiro atoms. The number of ether oxygens (including phenoxy) is 3. The molecule has 2 aromatic rings. The Balaban J connectivity index is 1.69. The van der Waals surface area contributed by atoms with Crippen LogP contribution < -0.4 is 4.74 Å². The van der Waals surface area contributed by atoms with Crippen molar-refractivity contribution in [1.82, 2.24) is 14.4 Å². The maximum Gasteiger partial charge on any atom is 0.237 e. The molecule has 24 heavy (non-hydrogen) atoms. The minimum absolute atomic E-state index is 0.00324. The highest BCUT2D eigenvalue weighted by Crippen LogP contribution is 2.53. The molecule has 2 fully saturated rings. The quantitative estimate of drug-likeness (QED) is 0.666. The minimum atomic E-state index is -0.127. The van der Waals surface area contributed by atoms with Gasteiger partial charge in [0.05, 0.1) is 34.2 Å². The standard InChI is InChI=1S/C17H22IN3O3/c1-11(2)24-14-12(18)6-21-7-13(19-15(21)20-14)16-4-5-17(8-16,10-22-3)23-9-16/h6-7,11H,4-5,8-10H2,1-3H3. The number of fused-ring (bicyclic) bond motifs is 3. The van der Waals surface area contributed by atoms with Crippen LogP contribution in [-0.4, -0.2) is 46.4 Å². The molecular weight excluding hydrogens is 421 g/mol. The van der Waals surface area contributed by atoms with Crippen LogP contribution in [0.25, 0.3) is 5.78 Å². The van der Waals surface area contributed by atoms with E-state index in [4.69, 9.17) is 19.2 Å². The molecular formula is C17H22IN3O3. The smallest absolute Gasteiger partial charge is 0.237 e. The number of aromatic nitrogens is 3. The van der Waals surface area contributed by atoms with E-state index in [9.17, 15) is 0 Å². The predicted molar refractivity (Wildman–Crippen MR) is 97.6 cm³/mol. The molecule has 2 unspecified atom stereocenters. The summed E-state index contributed by atoms with van der Waals surface area (Å²) in [5.41, 5.74) is 0.942. The molecule has 2 aromatic heterocycles. The zero-order valence-corrected chi connectivity index (χ0v) is 16.4. The third kappa shape index (κ3) is 2.61. The van der Waals surface area contributed by atoms with Gasteiger partial charge in [-0.1, -0.05) is 0 Å². The molecule has 0 aromatic carbocycles. The predicted octanol–water partition coefficient (Wildman–Crippen LogP) is 2.96. The Bertz CT molecular complexity index is 766. The molecule has 6 nitrogen and oxygen atoms in total. The van der Waals surface area contributed by atoms with Crippen molar-refractivity contribution in [2.45, 2.75) is 50.2 Å². The van der Waals surface area contributed by atoms with Crippen molar-refractivity contribution in [2.24, 2.45) is 0 Å². The molecule has 4 rings (SSSR count). The van der Waals surface area contributed by atoms with E-state index in [0.29, 0.717) is 24.9 Å². The van der Waals surface area contributed by atoms with E-state index in [1.54, 1.807) is 7.11 Å². The van der Waals surface area contributed by atoms with E-state index >= 15 is 0 Å². The van der Waals surface area contributed by atoms with E-state index < -0.39 is 0 Å². The number of hydrogen-bond donors (Lipinski definition) is 0. The van der Waals surface area contributed by atoms with Crippen molar-refractivity contribution in [3.8, 4) is 5.88 Å². The molecule has 2 bridgehead atoms. The minimum Gasteiger partial charge on any atom is -0.474 e. The summed E-state index contributed by atoms with van der Waals surface area (Å²) in [6, 6.07) is 0. The van der Waals surface area contributed by atoms with E-state index in [-0.39, 0.29) is 17.1 Å². The van der Waals surface area contributed by atoms with Crippen LogP contribution in [0.2, 0.25) is 0 Å². The van der Waals surface area contributed by atoms with Crippen LogP contribution in [0.5, 0.6) is 5.88 Å². The Morgan fingerprint density at radius 3 is 2.83 bits per heavy atom. The molecule has 1 saturated heterocycles. The Hall–Kier alpha value is -0.930. The summed E-state index contributed by atoms with van der Waals surface area (Å²) in [4.78, 5) is 9.41. The zero-order chi connectivity index (χ0) is 16.9. The fraction of sp³-hybridized carbons (Fsp3) is 0.647. The second-order valence-electron chi connectivity index (χ2n) is 7.26. The lowest BCUT2D eigenvalue weighted by Gasteiger charge is -2.27. The van der Waals surface area contributed by atoms with Crippen molar-refractivity contribution in [3.05, 3.63) is 21.7 Å². The van der Waals surface area contributed by atoms with Gasteiger partial charge in [-0.25, -0.2) is 4.98 Å². The third-order valence-electron chi connectivity index (χ3n) is 5.04. The molecule has 2 atom stereocenters. The van der Waals surface area contributed by atoms with E-state index in [1.807, 2.05) is 24.4 Å². The van der Waals surface area contributed by atoms with Crippen molar-refractivity contribution < 1.29 is 14.2 Å². The maximum absolute atomic E-state index is 6.11. The van der Waals surface area contributed by atoms with Gasteiger partial charge < -0.3 is 14.2 Å². The van der Waals surface area contributed by atoms with Gasteiger partial charge in [0.1, 0.15) is 0 Å². The maximum atomic E-state index is 6.11. The molecule has 1 aliphatic carbocycles. The van der Waals surface area contributed by atoms with Crippen LogP contribution >= 0.6 is 22.6 Å². The summed E-state index contributed by atoms with van der Waals surface area (Å²) in [6.45, 7) is 5.38. The molecule has 2 aliphatic rings. The second kappa shape index (κ2) is 5.81. The van der Waals surface area contributed by atoms with E-state index in [1.165, 1.54) is 0 Å². The third-order valence-corrected chi connectivity index (χ3v) is 5.78. The summed E-state index contributed by atoms with van der Waals surface area (Å²) in [5.74, 6) is 1.34. The monoisotopic (exact) mass is 443 g/mol. The first-order valence-corrected chi connectivity index (χ1v) is 9.39. The molecule has 0 N–H and O–H groups in total. The van der Waals surface area contributed by atoms with Crippen LogP contribution in [0.4, 0.5) is 0 Å². The van der Waals surface area contributed by atoms with Crippen LogP contribution in [0.3, 0.4) is 0 Å². The number of rotatable bonds is 5. The van der Waals surface area contributed by atoms with Gasteiger partial charge in [-0.15, -0.1) is 0 Å². The molecule has 0 amide bonds. The highest BCUT2D eigenvalue weighted by molar-refractivity contribution is 14.1. The van der Waals surface area contributed by atoms with Crippen LogP contribution in [0.1, 0.15) is 38.8 Å². The SMILES string of the molecule is COCC12CCC(c3cn4cc(I)c(OC(C)C)nc4n3)(CO1)C2. The van der Waals surface area contributed by atoms with Crippen molar-refractivity contribution in [2.75, 3.05) is 20.3 Å². The van der Waals surface area contributed by atoms with Gasteiger partial charge >= 0.3 is 0 Å². The van der Waals surface area contributed by atoms with Gasteiger partial charge in [-0.3, -0.25) is 4.40 Å². The van der Waals surface area contributed by atoms with Gasteiger partial charge in [0.25, 0.3) is 0 Å². The molecule has 7 heteroatoms. The molecule has 1 saturated carbocycles. The van der Waals surface area contributed by atoms with E-state index in [2.05, 4.69) is 33.8 Å². The van der Waals surface area contributed by atoms with Crippen molar-refractivity contribution in [1.29, 1.82) is 0 Å². The molecule has 0 radical (unpaired) electrons. The van der Waals surface area contributed by atoms with Gasteiger partial charge in [-0.05, 0) is 55.7 Å². The van der Waals surface area contributed by atoms with E-state index in [0.717, 1.165) is 28.5 Å². The normalized spacial score (nSPS) is 29.0. The first-order chi connectivity index (χ1) is 11.5. The number of nitrogens with zero attached hydrogens (tertiary/aromatic N) is 3. The average molecular weight is 443 g/mol. The lowest BCUT2D eigenvalue weighted by molar-refractivity contribution is -0.0659. The number of halogens is 1. The Morgan fingerprint density at radius 1 is 1.33 bits per heavy atom. The van der Waals surface area contributed by atoms with Crippen molar-refractivity contribution >= 4 is 28.4 Å². The molecule has 3 heterocycles. The molecule has 130 valence electrons. The highest BCUT2D eigenvalue weighted by Gasteiger charge is 2.57. The Morgan fingerprint density at radius 2 is 2.17 bits per heavy atom. The number of hydrogen-bond acceptors (Lipinski definition) is 5. The lowest BCUT2D eigenvalue weighted by Crippen LogP contribution is -2.32. The summed E-state index contributed by atoms with van der Waals surface area (Å²) in [6.07, 6.45) is 7.31. The first-order valence-electron chi connectivity index (χ1n) is 8.31. The number of imidazole rings is 1. The van der Waals surface area contributed by atoms with Gasteiger partial charge in [0.2, 0.25) is 11.7 Å². The summed E-state index contributed by atoms with van der Waals surface area (Å²) >= 11 is 2.26. The fourth-order valence-corrected chi connectivity index (χ4v) is 4.51. The average Bonchev–Trinajstić information content (AvgIpc) is 3.19. The Labute approximate surface area is 155 Å².